The van der Waals surface area contributed by atoms with Gasteiger partial charge in [0.05, 0.1) is 19.3 Å². The molecule has 0 spiro atoms. The predicted octanol–water partition coefficient (Wildman–Crippen LogP) is -2.28. The fraction of sp³-hybridized carbons (Fsp3) is 0.750. The van der Waals surface area contributed by atoms with Crippen LogP contribution in [0.1, 0.15) is 0 Å². The largest absolute Gasteiger partial charge is 0.394 e. The Morgan fingerprint density at radius 1 is 1.53 bits per heavy atom. The van der Waals surface area contributed by atoms with E-state index in [1.807, 2.05) is 0 Å². The number of aliphatic hydroxyl groups is 3. The molecule has 0 saturated carbocycles. The molecule has 0 bridgehead atoms. The average molecular weight is 263 g/mol. The second kappa shape index (κ2) is 5.10. The van der Waals surface area contributed by atoms with Crippen LogP contribution in [0, 0.1) is 0 Å². The smallest absolute Gasteiger partial charge is 0.357 e. The van der Waals surface area contributed by atoms with Crippen molar-refractivity contribution < 1.29 is 20.1 Å². The third kappa shape index (κ3) is 2.64. The van der Waals surface area contributed by atoms with Crippen molar-refractivity contribution in [2.45, 2.75) is 24.4 Å². The van der Waals surface area contributed by atoms with E-state index >= 15 is 0 Å². The molecule has 2 rings (SSSR count). The summed E-state index contributed by atoms with van der Waals surface area (Å²) in [6.45, 7) is -0.252. The summed E-state index contributed by atoms with van der Waals surface area (Å²) >= 11 is 0.996. The van der Waals surface area contributed by atoms with Gasteiger partial charge in [0.15, 0.2) is 0 Å². The second-order valence-electron chi connectivity index (χ2n) is 3.71. The molecule has 0 unspecified atom stereocenters. The van der Waals surface area contributed by atoms with Crippen molar-refractivity contribution in [1.82, 2.24) is 9.36 Å². The molecule has 1 saturated heterocycles. The SMILES string of the molecule is O=c1nc(N[C@H]2CO[C@H](CO)[C@H](O)[C@@H]2O)s[nH]1. The van der Waals surface area contributed by atoms with E-state index in [1.165, 1.54) is 0 Å². The van der Waals surface area contributed by atoms with Crippen LogP contribution in [0.15, 0.2) is 4.79 Å². The van der Waals surface area contributed by atoms with E-state index in [4.69, 9.17) is 9.84 Å². The summed E-state index contributed by atoms with van der Waals surface area (Å²) in [5.74, 6) is 0. The summed E-state index contributed by atoms with van der Waals surface area (Å²) in [6, 6.07) is -0.577. The molecule has 1 aromatic rings. The maximum atomic E-state index is 10.8. The van der Waals surface area contributed by atoms with Crippen molar-refractivity contribution in [2.24, 2.45) is 0 Å². The Bertz CT molecular complexity index is 421. The molecule has 4 atom stereocenters. The van der Waals surface area contributed by atoms with Crippen molar-refractivity contribution >= 4 is 16.7 Å². The lowest BCUT2D eigenvalue weighted by atomic mass is 9.99. The van der Waals surface area contributed by atoms with Crippen molar-refractivity contribution in [2.75, 3.05) is 18.5 Å². The van der Waals surface area contributed by atoms with Gasteiger partial charge in [-0.25, -0.2) is 4.79 Å². The number of nitrogens with zero attached hydrogens (tertiary/aromatic N) is 1. The molecular weight excluding hydrogens is 250 g/mol. The summed E-state index contributed by atoms with van der Waals surface area (Å²) in [7, 11) is 0. The standard InChI is InChI=1S/C8H13N3O5S/c12-1-4-6(14)5(13)3(2-16-4)9-8-10-7(15)11-17-8/h3-6,12-14H,1-2H2,(H2,9,10,11,15)/t3-,4+,5+,6-/m0/s1. The maximum Gasteiger partial charge on any atom is 0.357 e. The molecule has 1 aliphatic rings. The Morgan fingerprint density at radius 3 is 2.88 bits per heavy atom. The van der Waals surface area contributed by atoms with Crippen LogP contribution in [0.25, 0.3) is 0 Å². The van der Waals surface area contributed by atoms with Gasteiger partial charge in [0.25, 0.3) is 0 Å². The van der Waals surface area contributed by atoms with Gasteiger partial charge in [-0.05, 0) is 11.5 Å². The first kappa shape index (κ1) is 12.5. The fourth-order valence-corrected chi connectivity index (χ4v) is 2.19. The van der Waals surface area contributed by atoms with E-state index in [2.05, 4.69) is 14.7 Å². The minimum atomic E-state index is -1.18. The molecule has 1 fully saturated rings. The monoisotopic (exact) mass is 263 g/mol. The molecule has 0 aliphatic carbocycles. The molecule has 8 nitrogen and oxygen atoms in total. The van der Waals surface area contributed by atoms with Gasteiger partial charge in [0, 0.05) is 0 Å². The highest BCUT2D eigenvalue weighted by molar-refractivity contribution is 7.09. The minimum Gasteiger partial charge on any atom is -0.394 e. The van der Waals surface area contributed by atoms with Crippen LogP contribution < -0.4 is 11.0 Å². The zero-order valence-corrected chi connectivity index (χ0v) is 9.55. The predicted molar refractivity (Wildman–Crippen MR) is 59.0 cm³/mol. The second-order valence-corrected chi connectivity index (χ2v) is 4.51. The van der Waals surface area contributed by atoms with Gasteiger partial charge in [-0.15, -0.1) is 0 Å². The van der Waals surface area contributed by atoms with E-state index in [9.17, 15) is 15.0 Å². The number of hydrogen-bond acceptors (Lipinski definition) is 8. The third-order valence-electron chi connectivity index (χ3n) is 2.56. The number of H-pyrrole nitrogens is 1. The first-order valence-corrected chi connectivity index (χ1v) is 5.84. The van der Waals surface area contributed by atoms with Crippen LogP contribution in [-0.2, 0) is 4.74 Å². The zero-order valence-electron chi connectivity index (χ0n) is 8.74. The Hall–Kier alpha value is -1.00. The average Bonchev–Trinajstić information content (AvgIpc) is 2.71. The van der Waals surface area contributed by atoms with E-state index in [-0.39, 0.29) is 13.2 Å². The maximum absolute atomic E-state index is 10.8. The van der Waals surface area contributed by atoms with E-state index in [0.29, 0.717) is 5.13 Å². The molecule has 9 heteroatoms. The molecule has 17 heavy (non-hydrogen) atoms. The van der Waals surface area contributed by atoms with E-state index < -0.39 is 30.0 Å². The summed E-state index contributed by atoms with van der Waals surface area (Å²) in [5, 5.41) is 31.4. The number of aromatic amines is 1. The lowest BCUT2D eigenvalue weighted by Gasteiger charge is -2.36. The highest BCUT2D eigenvalue weighted by atomic mass is 32.1. The van der Waals surface area contributed by atoms with Gasteiger partial charge in [0.1, 0.15) is 18.3 Å². The van der Waals surface area contributed by atoms with Crippen molar-refractivity contribution in [3.05, 3.63) is 10.5 Å². The molecule has 0 radical (unpaired) electrons. The summed E-state index contributed by atoms with van der Waals surface area (Å²) in [4.78, 5) is 14.4. The molecular formula is C8H13N3O5S. The van der Waals surface area contributed by atoms with Crippen LogP contribution >= 0.6 is 11.5 Å². The fourth-order valence-electron chi connectivity index (χ4n) is 1.62. The van der Waals surface area contributed by atoms with Crippen molar-refractivity contribution in [1.29, 1.82) is 0 Å². The molecule has 0 aromatic carbocycles. The lowest BCUT2D eigenvalue weighted by Crippen LogP contribution is -2.56. The Balaban J connectivity index is 2.01. The number of anilines is 1. The van der Waals surface area contributed by atoms with Gasteiger partial charge in [-0.2, -0.15) is 4.98 Å². The molecule has 96 valence electrons. The first-order valence-electron chi connectivity index (χ1n) is 5.02. The number of aliphatic hydroxyl groups excluding tert-OH is 3. The number of rotatable bonds is 3. The topological polar surface area (TPSA) is 128 Å². The first-order chi connectivity index (χ1) is 8.11. The van der Waals surface area contributed by atoms with Gasteiger partial charge in [0.2, 0.25) is 5.13 Å². The van der Waals surface area contributed by atoms with Crippen LogP contribution in [-0.4, -0.2) is 62.2 Å². The summed E-state index contributed by atoms with van der Waals surface area (Å²) < 4.78 is 7.56. The Kier molecular flexibility index (Phi) is 3.74. The number of aromatic nitrogens is 2. The summed E-state index contributed by atoms with van der Waals surface area (Å²) in [6.07, 6.45) is -3.07. The van der Waals surface area contributed by atoms with E-state index in [1.54, 1.807) is 0 Å². The van der Waals surface area contributed by atoms with Crippen LogP contribution in [0.4, 0.5) is 5.13 Å². The Labute approximate surface area is 100 Å². The number of hydrogen-bond donors (Lipinski definition) is 5. The van der Waals surface area contributed by atoms with Crippen LogP contribution in [0.3, 0.4) is 0 Å². The third-order valence-corrected chi connectivity index (χ3v) is 3.24. The molecule has 5 N–H and O–H groups in total. The normalized spacial score (nSPS) is 33.6. The summed E-state index contributed by atoms with van der Waals surface area (Å²) in [5.41, 5.74) is -0.475. The van der Waals surface area contributed by atoms with Gasteiger partial charge < -0.3 is 25.4 Å². The van der Waals surface area contributed by atoms with Crippen molar-refractivity contribution in [3.63, 3.8) is 0 Å². The number of nitrogens with one attached hydrogen (secondary N) is 2. The van der Waals surface area contributed by atoms with E-state index in [0.717, 1.165) is 11.5 Å². The van der Waals surface area contributed by atoms with Gasteiger partial charge in [-0.3, -0.25) is 4.37 Å². The van der Waals surface area contributed by atoms with Crippen molar-refractivity contribution in [3.8, 4) is 0 Å². The highest BCUT2D eigenvalue weighted by Gasteiger charge is 2.38. The van der Waals surface area contributed by atoms with Gasteiger partial charge in [-0.1, -0.05) is 0 Å². The minimum absolute atomic E-state index is 0.108. The van der Waals surface area contributed by atoms with Gasteiger partial charge >= 0.3 is 5.69 Å². The van der Waals surface area contributed by atoms with Crippen LogP contribution in [0.2, 0.25) is 0 Å². The zero-order chi connectivity index (χ0) is 12.4. The number of ether oxygens (including phenoxy) is 1. The molecule has 1 aromatic heterocycles. The van der Waals surface area contributed by atoms with Crippen LogP contribution in [0.5, 0.6) is 0 Å². The molecule has 2 heterocycles. The molecule has 0 amide bonds. The Morgan fingerprint density at radius 2 is 2.29 bits per heavy atom. The highest BCUT2D eigenvalue weighted by Crippen LogP contribution is 2.18. The quantitative estimate of drug-likeness (QED) is 0.416. The molecule has 1 aliphatic heterocycles. The lowest BCUT2D eigenvalue weighted by molar-refractivity contribution is -0.152.